The molecule has 1 amide bonds. The Morgan fingerprint density at radius 3 is 2.59 bits per heavy atom. The zero-order chi connectivity index (χ0) is 20.2. The van der Waals surface area contributed by atoms with E-state index in [0.29, 0.717) is 19.0 Å². The fourth-order valence-corrected chi connectivity index (χ4v) is 4.39. The summed E-state index contributed by atoms with van der Waals surface area (Å²) in [6.07, 6.45) is 7.65. The summed E-state index contributed by atoms with van der Waals surface area (Å²) in [6.45, 7) is 3.73. The van der Waals surface area contributed by atoms with E-state index in [0.717, 1.165) is 23.0 Å². The van der Waals surface area contributed by atoms with Crippen LogP contribution in [0.2, 0.25) is 0 Å². The minimum absolute atomic E-state index is 0.0910. The number of fused-ring (bicyclic) bond motifs is 1. The largest absolute Gasteiger partial charge is 0.361 e. The van der Waals surface area contributed by atoms with Gasteiger partial charge in [-0.15, -0.1) is 0 Å². The van der Waals surface area contributed by atoms with Gasteiger partial charge in [0.2, 0.25) is 5.91 Å². The van der Waals surface area contributed by atoms with Crippen LogP contribution in [-0.2, 0) is 11.2 Å². The summed E-state index contributed by atoms with van der Waals surface area (Å²) in [5.74, 6) is 0.0910. The predicted octanol–water partition coefficient (Wildman–Crippen LogP) is 4.68. The molecule has 29 heavy (non-hydrogen) atoms. The van der Waals surface area contributed by atoms with E-state index in [1.165, 1.54) is 42.4 Å². The molecule has 0 spiro atoms. The lowest BCUT2D eigenvalue weighted by Crippen LogP contribution is -2.37. The molecule has 0 aliphatic heterocycles. The van der Waals surface area contributed by atoms with Gasteiger partial charge in [0.05, 0.1) is 6.42 Å². The van der Waals surface area contributed by atoms with Gasteiger partial charge in [0.25, 0.3) is 0 Å². The number of aromatic nitrogens is 1. The number of rotatable bonds is 7. The number of carbonyl (C=O) groups excluding carboxylic acids is 1. The number of aryl methyl sites for hydroxylation is 1. The number of nitrogens with zero attached hydrogens (tertiary/aromatic N) is 1. The lowest BCUT2D eigenvalue weighted by atomic mass is 10.0. The third-order valence-electron chi connectivity index (χ3n) is 6.24. The number of nitrogens with one attached hydrogen (secondary N) is 2. The molecule has 2 N–H and O–H groups in total. The van der Waals surface area contributed by atoms with Crippen LogP contribution in [0.4, 0.5) is 0 Å². The van der Waals surface area contributed by atoms with Crippen LogP contribution < -0.4 is 5.32 Å². The van der Waals surface area contributed by atoms with Crippen molar-refractivity contribution in [3.05, 3.63) is 59.8 Å². The molecule has 1 aromatic heterocycles. The van der Waals surface area contributed by atoms with Crippen molar-refractivity contribution in [1.29, 1.82) is 0 Å². The summed E-state index contributed by atoms with van der Waals surface area (Å²) in [5, 5.41) is 4.21. The van der Waals surface area contributed by atoms with E-state index in [1.807, 2.05) is 6.20 Å². The first-order chi connectivity index (χ1) is 14.1. The lowest BCUT2D eigenvalue weighted by Gasteiger charge is -2.23. The minimum Gasteiger partial charge on any atom is -0.361 e. The zero-order valence-corrected chi connectivity index (χ0v) is 17.5. The summed E-state index contributed by atoms with van der Waals surface area (Å²) in [7, 11) is 2.17. The molecule has 1 saturated carbocycles. The van der Waals surface area contributed by atoms with Crippen molar-refractivity contribution in [2.75, 3.05) is 20.1 Å². The highest BCUT2D eigenvalue weighted by molar-refractivity contribution is 5.91. The highest BCUT2D eigenvalue weighted by Crippen LogP contribution is 2.26. The van der Waals surface area contributed by atoms with Gasteiger partial charge in [-0.1, -0.05) is 54.8 Å². The zero-order valence-electron chi connectivity index (χ0n) is 17.5. The number of aromatic amines is 1. The molecular formula is C25H31N3O. The summed E-state index contributed by atoms with van der Waals surface area (Å²) in [6, 6.07) is 15.7. The molecule has 3 aromatic rings. The van der Waals surface area contributed by atoms with E-state index in [9.17, 15) is 4.79 Å². The Bertz CT molecular complexity index is 967. The van der Waals surface area contributed by atoms with Gasteiger partial charge < -0.3 is 15.2 Å². The Kier molecular flexibility index (Phi) is 6.00. The van der Waals surface area contributed by atoms with Crippen LogP contribution in [0.25, 0.3) is 22.0 Å². The maximum atomic E-state index is 12.4. The van der Waals surface area contributed by atoms with Crippen molar-refractivity contribution in [2.45, 2.75) is 45.1 Å². The van der Waals surface area contributed by atoms with Gasteiger partial charge in [0, 0.05) is 36.2 Å². The number of carbonyl (C=O) groups is 1. The predicted molar refractivity (Wildman–Crippen MR) is 120 cm³/mol. The van der Waals surface area contributed by atoms with Crippen molar-refractivity contribution in [3.63, 3.8) is 0 Å². The second kappa shape index (κ2) is 8.83. The molecule has 1 aliphatic carbocycles. The van der Waals surface area contributed by atoms with E-state index in [2.05, 4.69) is 71.6 Å². The van der Waals surface area contributed by atoms with E-state index in [-0.39, 0.29) is 5.91 Å². The maximum absolute atomic E-state index is 12.4. The standard InChI is InChI=1S/C25H31N3O/c1-18-7-9-19(10-8-18)20-11-12-23-21(17-27-24(23)15-20)16-25(29)26-13-14-28(2)22-5-3-4-6-22/h7-12,15,17,22,27H,3-6,13-14,16H2,1-2H3,(H,26,29). The molecule has 4 heteroatoms. The SMILES string of the molecule is Cc1ccc(-c2ccc3c(CC(=O)NCCN(C)C4CCCC4)c[nH]c3c2)cc1. The van der Waals surface area contributed by atoms with Crippen LogP contribution >= 0.6 is 0 Å². The van der Waals surface area contributed by atoms with Crippen molar-refractivity contribution in [2.24, 2.45) is 0 Å². The van der Waals surface area contributed by atoms with Gasteiger partial charge in [-0.2, -0.15) is 0 Å². The van der Waals surface area contributed by atoms with Crippen molar-refractivity contribution in [3.8, 4) is 11.1 Å². The number of H-pyrrole nitrogens is 1. The minimum atomic E-state index is 0.0910. The molecule has 4 rings (SSSR count). The van der Waals surface area contributed by atoms with Gasteiger partial charge in [-0.25, -0.2) is 0 Å². The lowest BCUT2D eigenvalue weighted by molar-refractivity contribution is -0.120. The monoisotopic (exact) mass is 389 g/mol. The average molecular weight is 390 g/mol. The highest BCUT2D eigenvalue weighted by atomic mass is 16.1. The van der Waals surface area contributed by atoms with E-state index in [1.54, 1.807) is 0 Å². The first kappa shape index (κ1) is 19.7. The van der Waals surface area contributed by atoms with Crippen LogP contribution in [0, 0.1) is 6.92 Å². The average Bonchev–Trinajstić information content (AvgIpc) is 3.39. The first-order valence-corrected chi connectivity index (χ1v) is 10.7. The molecule has 0 unspecified atom stereocenters. The van der Waals surface area contributed by atoms with Gasteiger partial charge in [0.1, 0.15) is 0 Å². The van der Waals surface area contributed by atoms with E-state index >= 15 is 0 Å². The number of hydrogen-bond acceptors (Lipinski definition) is 2. The number of amides is 1. The fraction of sp³-hybridized carbons (Fsp3) is 0.400. The summed E-state index contributed by atoms with van der Waals surface area (Å²) >= 11 is 0. The van der Waals surface area contributed by atoms with E-state index in [4.69, 9.17) is 0 Å². The summed E-state index contributed by atoms with van der Waals surface area (Å²) in [4.78, 5) is 18.2. The molecular weight excluding hydrogens is 358 g/mol. The second-order valence-corrected chi connectivity index (χ2v) is 8.39. The van der Waals surface area contributed by atoms with Gasteiger partial charge >= 0.3 is 0 Å². The molecule has 2 aromatic carbocycles. The molecule has 4 nitrogen and oxygen atoms in total. The fourth-order valence-electron chi connectivity index (χ4n) is 4.39. The Balaban J connectivity index is 1.35. The maximum Gasteiger partial charge on any atom is 0.224 e. The van der Waals surface area contributed by atoms with Gasteiger partial charge in [-0.05, 0) is 49.6 Å². The molecule has 0 saturated heterocycles. The third-order valence-corrected chi connectivity index (χ3v) is 6.24. The number of hydrogen-bond donors (Lipinski definition) is 2. The molecule has 0 atom stereocenters. The van der Waals surface area contributed by atoms with Crippen LogP contribution in [0.3, 0.4) is 0 Å². The van der Waals surface area contributed by atoms with E-state index < -0.39 is 0 Å². The topological polar surface area (TPSA) is 48.1 Å². The Hall–Kier alpha value is -2.59. The summed E-state index contributed by atoms with van der Waals surface area (Å²) in [5.41, 5.74) is 5.78. The van der Waals surface area contributed by atoms with Crippen molar-refractivity contribution < 1.29 is 4.79 Å². The summed E-state index contributed by atoms with van der Waals surface area (Å²) < 4.78 is 0. The number of likely N-dealkylation sites (N-methyl/N-ethyl adjacent to an activating group) is 1. The normalized spacial score (nSPS) is 14.7. The Morgan fingerprint density at radius 1 is 1.10 bits per heavy atom. The van der Waals surface area contributed by atoms with Gasteiger partial charge in [0.15, 0.2) is 0 Å². The smallest absolute Gasteiger partial charge is 0.224 e. The third kappa shape index (κ3) is 4.70. The Morgan fingerprint density at radius 2 is 1.83 bits per heavy atom. The molecule has 1 heterocycles. The second-order valence-electron chi connectivity index (χ2n) is 8.39. The van der Waals surface area contributed by atoms with Crippen LogP contribution in [0.15, 0.2) is 48.7 Å². The molecule has 1 aliphatic rings. The molecule has 152 valence electrons. The number of benzene rings is 2. The van der Waals surface area contributed by atoms with Crippen LogP contribution in [0.5, 0.6) is 0 Å². The molecule has 1 fully saturated rings. The van der Waals surface area contributed by atoms with Gasteiger partial charge in [-0.3, -0.25) is 4.79 Å². The molecule has 0 bridgehead atoms. The molecule has 0 radical (unpaired) electrons. The Labute approximate surface area is 173 Å². The highest BCUT2D eigenvalue weighted by Gasteiger charge is 2.19. The van der Waals surface area contributed by atoms with Crippen LogP contribution in [-0.4, -0.2) is 42.0 Å². The van der Waals surface area contributed by atoms with Crippen molar-refractivity contribution >= 4 is 16.8 Å². The quantitative estimate of drug-likeness (QED) is 0.617. The van der Waals surface area contributed by atoms with Crippen molar-refractivity contribution in [1.82, 2.24) is 15.2 Å². The first-order valence-electron chi connectivity index (χ1n) is 10.7. The van der Waals surface area contributed by atoms with Crippen LogP contribution in [0.1, 0.15) is 36.8 Å².